The highest BCUT2D eigenvalue weighted by atomic mass is 35.5. The fourth-order valence-corrected chi connectivity index (χ4v) is 3.64. The number of imidazole rings is 1. The number of nitrogens with zero attached hydrogens (tertiary/aromatic N) is 1. The number of methoxy groups -OCH3 is 1. The SMILES string of the molecule is COc1cc(-c2nc(C(F)F)[nH]c2-c2cc(F)c(S(C)(=O)=O)cc2F)ccc1Cl. The maximum atomic E-state index is 14.6. The van der Waals surface area contributed by atoms with E-state index in [0.29, 0.717) is 12.1 Å². The summed E-state index contributed by atoms with van der Waals surface area (Å²) in [5.74, 6) is -2.90. The molecule has 11 heteroatoms. The Balaban J connectivity index is 2.27. The third kappa shape index (κ3) is 4.08. The van der Waals surface area contributed by atoms with E-state index in [1.54, 1.807) is 0 Å². The van der Waals surface area contributed by atoms with Gasteiger partial charge in [0.2, 0.25) is 0 Å². The largest absolute Gasteiger partial charge is 0.495 e. The monoisotopic (exact) mass is 448 g/mol. The molecule has 0 saturated carbocycles. The van der Waals surface area contributed by atoms with Crippen LogP contribution < -0.4 is 4.74 Å². The van der Waals surface area contributed by atoms with Crippen LogP contribution in [0, 0.1) is 11.6 Å². The summed E-state index contributed by atoms with van der Waals surface area (Å²) < 4.78 is 83.7. The molecule has 3 rings (SSSR count). The van der Waals surface area contributed by atoms with Crippen molar-refractivity contribution in [3.05, 3.63) is 52.8 Å². The van der Waals surface area contributed by atoms with Crippen molar-refractivity contribution in [1.82, 2.24) is 9.97 Å². The van der Waals surface area contributed by atoms with Gasteiger partial charge in [-0.3, -0.25) is 0 Å². The van der Waals surface area contributed by atoms with Gasteiger partial charge in [-0.2, -0.15) is 0 Å². The number of sulfone groups is 1. The van der Waals surface area contributed by atoms with Gasteiger partial charge >= 0.3 is 0 Å². The molecule has 0 aliphatic heterocycles. The number of nitrogens with one attached hydrogen (secondary N) is 1. The summed E-state index contributed by atoms with van der Waals surface area (Å²) in [5, 5.41) is 0.247. The number of benzene rings is 2. The number of alkyl halides is 2. The Morgan fingerprint density at radius 2 is 1.83 bits per heavy atom. The highest BCUT2D eigenvalue weighted by Crippen LogP contribution is 2.38. The van der Waals surface area contributed by atoms with Crippen LogP contribution in [-0.4, -0.2) is 31.8 Å². The van der Waals surface area contributed by atoms with Gasteiger partial charge in [0.15, 0.2) is 15.7 Å². The van der Waals surface area contributed by atoms with Gasteiger partial charge in [0.05, 0.1) is 23.5 Å². The van der Waals surface area contributed by atoms with E-state index < -0.39 is 44.2 Å². The number of rotatable bonds is 5. The highest BCUT2D eigenvalue weighted by Gasteiger charge is 2.25. The highest BCUT2D eigenvalue weighted by molar-refractivity contribution is 7.90. The minimum absolute atomic E-state index is 0.110. The molecular weight excluding hydrogens is 436 g/mol. The first-order valence-corrected chi connectivity index (χ1v) is 10.2. The van der Waals surface area contributed by atoms with Crippen LogP contribution in [0.15, 0.2) is 35.2 Å². The Labute approximate surface area is 168 Å². The predicted molar refractivity (Wildman–Crippen MR) is 99.0 cm³/mol. The minimum Gasteiger partial charge on any atom is -0.495 e. The van der Waals surface area contributed by atoms with Gasteiger partial charge in [-0.25, -0.2) is 31.0 Å². The van der Waals surface area contributed by atoms with Gasteiger partial charge in [-0.05, 0) is 24.3 Å². The second kappa shape index (κ2) is 7.68. The molecule has 0 bridgehead atoms. The van der Waals surface area contributed by atoms with E-state index in [4.69, 9.17) is 16.3 Å². The number of H-pyrrole nitrogens is 1. The van der Waals surface area contributed by atoms with Crippen LogP contribution in [0.3, 0.4) is 0 Å². The summed E-state index contributed by atoms with van der Waals surface area (Å²) in [7, 11) is -2.68. The fraction of sp³-hybridized carbons (Fsp3) is 0.167. The Morgan fingerprint density at radius 3 is 2.41 bits per heavy atom. The van der Waals surface area contributed by atoms with Gasteiger partial charge < -0.3 is 9.72 Å². The van der Waals surface area contributed by atoms with Crippen molar-refractivity contribution in [2.45, 2.75) is 11.3 Å². The zero-order valence-electron chi connectivity index (χ0n) is 14.9. The first-order chi connectivity index (χ1) is 13.5. The van der Waals surface area contributed by atoms with Crippen molar-refractivity contribution < 1.29 is 30.7 Å². The third-order valence-corrected chi connectivity index (χ3v) is 5.47. The fourth-order valence-electron chi connectivity index (χ4n) is 2.71. The molecule has 0 aliphatic rings. The Morgan fingerprint density at radius 1 is 1.14 bits per heavy atom. The summed E-state index contributed by atoms with van der Waals surface area (Å²) in [6, 6.07) is 5.38. The first kappa shape index (κ1) is 21.1. The average Bonchev–Trinajstić information content (AvgIpc) is 3.08. The van der Waals surface area contributed by atoms with E-state index in [-0.39, 0.29) is 27.7 Å². The zero-order chi connectivity index (χ0) is 21.5. The molecule has 1 N–H and O–H groups in total. The quantitative estimate of drug-likeness (QED) is 0.556. The van der Waals surface area contributed by atoms with Gasteiger partial charge in [0.25, 0.3) is 6.43 Å². The van der Waals surface area contributed by atoms with Crippen molar-refractivity contribution in [1.29, 1.82) is 0 Å². The average molecular weight is 449 g/mol. The second-order valence-electron chi connectivity index (χ2n) is 6.03. The molecule has 0 spiro atoms. The first-order valence-electron chi connectivity index (χ1n) is 7.94. The number of aromatic nitrogens is 2. The molecule has 1 aromatic heterocycles. The lowest BCUT2D eigenvalue weighted by Gasteiger charge is -2.09. The number of hydrogen-bond acceptors (Lipinski definition) is 4. The molecule has 2 aromatic carbocycles. The molecule has 0 aliphatic carbocycles. The molecule has 0 atom stereocenters. The molecule has 0 fully saturated rings. The lowest BCUT2D eigenvalue weighted by molar-refractivity contribution is 0.141. The molecular formula is C18H13ClF4N2O3S. The van der Waals surface area contributed by atoms with Crippen LogP contribution in [-0.2, 0) is 9.84 Å². The van der Waals surface area contributed by atoms with Crippen LogP contribution in [0.2, 0.25) is 5.02 Å². The second-order valence-corrected chi connectivity index (χ2v) is 8.42. The lowest BCUT2D eigenvalue weighted by Crippen LogP contribution is -2.03. The van der Waals surface area contributed by atoms with E-state index in [0.717, 1.165) is 6.26 Å². The van der Waals surface area contributed by atoms with Gasteiger partial charge in [-0.15, -0.1) is 0 Å². The molecule has 29 heavy (non-hydrogen) atoms. The zero-order valence-corrected chi connectivity index (χ0v) is 16.5. The van der Waals surface area contributed by atoms with Gasteiger partial charge in [0, 0.05) is 17.4 Å². The van der Waals surface area contributed by atoms with Crippen LogP contribution >= 0.6 is 11.6 Å². The summed E-state index contributed by atoms with van der Waals surface area (Å²) >= 11 is 5.96. The molecule has 0 radical (unpaired) electrons. The summed E-state index contributed by atoms with van der Waals surface area (Å²) in [6.45, 7) is 0. The Kier molecular flexibility index (Phi) is 5.59. The number of ether oxygens (including phenoxy) is 1. The topological polar surface area (TPSA) is 72.0 Å². The van der Waals surface area contributed by atoms with Crippen LogP contribution in [0.25, 0.3) is 22.5 Å². The maximum Gasteiger partial charge on any atom is 0.295 e. The summed E-state index contributed by atoms with van der Waals surface area (Å²) in [6.07, 6.45) is -2.29. The normalized spacial score (nSPS) is 11.9. The van der Waals surface area contributed by atoms with Crippen molar-refractivity contribution in [2.24, 2.45) is 0 Å². The van der Waals surface area contributed by atoms with E-state index in [1.807, 2.05) is 0 Å². The van der Waals surface area contributed by atoms with E-state index in [2.05, 4.69) is 9.97 Å². The minimum atomic E-state index is -4.03. The number of hydrogen-bond donors (Lipinski definition) is 1. The summed E-state index contributed by atoms with van der Waals surface area (Å²) in [5.41, 5.74) is -0.573. The summed E-state index contributed by atoms with van der Waals surface area (Å²) in [4.78, 5) is 5.23. The molecule has 1 heterocycles. The molecule has 5 nitrogen and oxygen atoms in total. The van der Waals surface area contributed by atoms with Crippen LogP contribution in [0.4, 0.5) is 17.6 Å². The molecule has 0 unspecified atom stereocenters. The van der Waals surface area contributed by atoms with Crippen LogP contribution in [0.5, 0.6) is 5.75 Å². The molecule has 0 saturated heterocycles. The van der Waals surface area contributed by atoms with Gasteiger partial charge in [-0.1, -0.05) is 17.7 Å². The Hall–Kier alpha value is -2.59. The van der Waals surface area contributed by atoms with E-state index >= 15 is 0 Å². The van der Waals surface area contributed by atoms with E-state index in [9.17, 15) is 26.0 Å². The van der Waals surface area contributed by atoms with Crippen molar-refractivity contribution in [2.75, 3.05) is 13.4 Å². The standard InChI is InChI=1S/C18H13ClF4N2O3S/c1-28-13-5-8(3-4-10(13)19)15-16(25-18(24-15)17(22)23)9-6-12(21)14(7-11(9)20)29(2,26)27/h3-7,17H,1-2H3,(H,24,25). The van der Waals surface area contributed by atoms with Gasteiger partial charge in [0.1, 0.15) is 22.3 Å². The number of aromatic amines is 1. The lowest BCUT2D eigenvalue weighted by atomic mass is 10.0. The van der Waals surface area contributed by atoms with E-state index in [1.165, 1.54) is 25.3 Å². The maximum absolute atomic E-state index is 14.6. The molecule has 0 amide bonds. The smallest absolute Gasteiger partial charge is 0.295 e. The van der Waals surface area contributed by atoms with Crippen molar-refractivity contribution >= 4 is 21.4 Å². The molecule has 154 valence electrons. The third-order valence-electron chi connectivity index (χ3n) is 4.04. The molecule has 3 aromatic rings. The predicted octanol–water partition coefficient (Wildman–Crippen LogP) is 5.03. The van der Waals surface area contributed by atoms with Crippen molar-refractivity contribution in [3.63, 3.8) is 0 Å². The van der Waals surface area contributed by atoms with Crippen molar-refractivity contribution in [3.8, 4) is 28.3 Å². The van der Waals surface area contributed by atoms with Crippen LogP contribution in [0.1, 0.15) is 12.2 Å². The Bertz CT molecular complexity index is 1200. The number of halogens is 5.